The second kappa shape index (κ2) is 6.33. The third kappa shape index (κ3) is 3.16. The molecule has 1 aromatic carbocycles. The SMILES string of the molecule is COc1cc(N)c(Cl)cc1C(=O)N1CCCOC(C)C1. The van der Waals surface area contributed by atoms with Crippen molar-refractivity contribution in [1.29, 1.82) is 0 Å². The van der Waals surface area contributed by atoms with E-state index in [1.807, 2.05) is 6.92 Å². The summed E-state index contributed by atoms with van der Waals surface area (Å²) in [5, 5.41) is 0.355. The molecule has 1 amide bonds. The zero-order valence-corrected chi connectivity index (χ0v) is 12.4. The smallest absolute Gasteiger partial charge is 0.257 e. The van der Waals surface area contributed by atoms with Gasteiger partial charge in [0.15, 0.2) is 0 Å². The molecule has 110 valence electrons. The molecule has 1 heterocycles. The van der Waals surface area contributed by atoms with Crippen LogP contribution in [0.15, 0.2) is 12.1 Å². The maximum atomic E-state index is 12.6. The van der Waals surface area contributed by atoms with E-state index in [9.17, 15) is 4.79 Å². The lowest BCUT2D eigenvalue weighted by atomic mass is 10.1. The summed E-state index contributed by atoms with van der Waals surface area (Å²) in [6.07, 6.45) is 0.845. The molecule has 1 aliphatic rings. The maximum absolute atomic E-state index is 12.6. The Labute approximate surface area is 123 Å². The first kappa shape index (κ1) is 14.9. The lowest BCUT2D eigenvalue weighted by Crippen LogP contribution is -2.36. The number of carbonyl (C=O) groups excluding carboxylic acids is 1. The minimum atomic E-state index is -0.110. The van der Waals surface area contributed by atoms with Crippen LogP contribution in [0.1, 0.15) is 23.7 Å². The molecule has 1 unspecified atom stereocenters. The Balaban J connectivity index is 2.30. The van der Waals surface area contributed by atoms with E-state index in [0.29, 0.717) is 41.7 Å². The molecular formula is C14H19ClN2O3. The van der Waals surface area contributed by atoms with E-state index in [-0.39, 0.29) is 12.0 Å². The molecule has 2 N–H and O–H groups in total. The largest absolute Gasteiger partial charge is 0.496 e. The van der Waals surface area contributed by atoms with Crippen molar-refractivity contribution >= 4 is 23.2 Å². The van der Waals surface area contributed by atoms with Gasteiger partial charge in [-0.2, -0.15) is 0 Å². The molecule has 0 radical (unpaired) electrons. The highest BCUT2D eigenvalue weighted by Gasteiger charge is 2.24. The summed E-state index contributed by atoms with van der Waals surface area (Å²) in [7, 11) is 1.51. The summed E-state index contributed by atoms with van der Waals surface area (Å²) in [6, 6.07) is 3.14. The number of halogens is 1. The monoisotopic (exact) mass is 298 g/mol. The molecule has 1 aromatic rings. The van der Waals surface area contributed by atoms with Crippen LogP contribution in [0.5, 0.6) is 5.75 Å². The zero-order chi connectivity index (χ0) is 14.7. The second-order valence-corrected chi connectivity index (χ2v) is 5.27. The van der Waals surface area contributed by atoms with Gasteiger partial charge in [-0.1, -0.05) is 11.6 Å². The maximum Gasteiger partial charge on any atom is 0.257 e. The van der Waals surface area contributed by atoms with Crippen molar-refractivity contribution < 1.29 is 14.3 Å². The molecule has 20 heavy (non-hydrogen) atoms. The number of carbonyl (C=O) groups is 1. The standard InChI is InChI=1S/C14H19ClN2O3/c1-9-8-17(4-3-5-20-9)14(18)10-6-11(15)12(16)7-13(10)19-2/h6-7,9H,3-5,8,16H2,1-2H3. The number of ether oxygens (including phenoxy) is 2. The molecule has 2 rings (SSSR count). The highest BCUT2D eigenvalue weighted by atomic mass is 35.5. The molecule has 0 bridgehead atoms. The molecule has 0 spiro atoms. The van der Waals surface area contributed by atoms with Gasteiger partial charge in [-0.25, -0.2) is 0 Å². The van der Waals surface area contributed by atoms with Crippen molar-refractivity contribution in [3.63, 3.8) is 0 Å². The van der Waals surface area contributed by atoms with E-state index in [0.717, 1.165) is 6.42 Å². The highest BCUT2D eigenvalue weighted by Crippen LogP contribution is 2.30. The van der Waals surface area contributed by atoms with Gasteiger partial charge in [0, 0.05) is 25.8 Å². The molecule has 1 fully saturated rings. The van der Waals surface area contributed by atoms with Crippen LogP contribution in [-0.4, -0.2) is 43.7 Å². The normalized spacial score (nSPS) is 19.6. The van der Waals surface area contributed by atoms with Crippen LogP contribution >= 0.6 is 11.6 Å². The van der Waals surface area contributed by atoms with E-state index in [2.05, 4.69) is 0 Å². The second-order valence-electron chi connectivity index (χ2n) is 4.86. The molecular weight excluding hydrogens is 280 g/mol. The Hall–Kier alpha value is -1.46. The van der Waals surface area contributed by atoms with Crippen LogP contribution in [0, 0.1) is 0 Å². The number of hydrogen-bond acceptors (Lipinski definition) is 4. The number of nitrogens with zero attached hydrogens (tertiary/aromatic N) is 1. The van der Waals surface area contributed by atoms with Crippen molar-refractivity contribution in [2.75, 3.05) is 32.5 Å². The number of benzene rings is 1. The number of hydrogen-bond donors (Lipinski definition) is 1. The molecule has 1 atom stereocenters. The van der Waals surface area contributed by atoms with E-state index < -0.39 is 0 Å². The predicted molar refractivity (Wildman–Crippen MR) is 78.4 cm³/mol. The Morgan fingerprint density at radius 2 is 2.30 bits per heavy atom. The van der Waals surface area contributed by atoms with Crippen LogP contribution in [0.2, 0.25) is 5.02 Å². The number of nitrogen functional groups attached to an aromatic ring is 1. The third-order valence-corrected chi connectivity index (χ3v) is 3.62. The average Bonchev–Trinajstić information content (AvgIpc) is 2.65. The first-order chi connectivity index (χ1) is 9.52. The number of rotatable bonds is 2. The minimum absolute atomic E-state index is 0.0247. The van der Waals surface area contributed by atoms with Crippen molar-refractivity contribution in [2.45, 2.75) is 19.4 Å². The fourth-order valence-corrected chi connectivity index (χ4v) is 2.42. The van der Waals surface area contributed by atoms with Crippen LogP contribution in [-0.2, 0) is 4.74 Å². The number of nitrogens with two attached hydrogens (primary N) is 1. The van der Waals surface area contributed by atoms with Crippen molar-refractivity contribution in [2.24, 2.45) is 0 Å². The van der Waals surface area contributed by atoms with E-state index in [1.165, 1.54) is 7.11 Å². The van der Waals surface area contributed by atoms with Crippen molar-refractivity contribution in [3.05, 3.63) is 22.7 Å². The average molecular weight is 299 g/mol. The molecule has 0 aromatic heterocycles. The van der Waals surface area contributed by atoms with Crippen LogP contribution in [0.3, 0.4) is 0 Å². The molecule has 5 nitrogen and oxygen atoms in total. The summed E-state index contributed by atoms with van der Waals surface area (Å²) in [5.74, 6) is 0.329. The van der Waals surface area contributed by atoms with Crippen LogP contribution < -0.4 is 10.5 Å². The van der Waals surface area contributed by atoms with Gasteiger partial charge < -0.3 is 20.1 Å². The van der Waals surface area contributed by atoms with E-state index in [1.54, 1.807) is 17.0 Å². The third-order valence-electron chi connectivity index (χ3n) is 3.29. The highest BCUT2D eigenvalue weighted by molar-refractivity contribution is 6.33. The van der Waals surface area contributed by atoms with Gasteiger partial charge in [-0.05, 0) is 19.4 Å². The Kier molecular flexibility index (Phi) is 4.73. The van der Waals surface area contributed by atoms with Gasteiger partial charge in [0.1, 0.15) is 5.75 Å². The molecule has 0 saturated carbocycles. The van der Waals surface area contributed by atoms with E-state index >= 15 is 0 Å². The minimum Gasteiger partial charge on any atom is -0.496 e. The van der Waals surface area contributed by atoms with Gasteiger partial charge in [-0.15, -0.1) is 0 Å². The molecule has 6 heteroatoms. The summed E-state index contributed by atoms with van der Waals surface area (Å²) >= 11 is 6.01. The van der Waals surface area contributed by atoms with Gasteiger partial charge >= 0.3 is 0 Å². The van der Waals surface area contributed by atoms with Gasteiger partial charge in [-0.3, -0.25) is 4.79 Å². The fourth-order valence-electron chi connectivity index (χ4n) is 2.25. The van der Waals surface area contributed by atoms with Gasteiger partial charge in [0.25, 0.3) is 5.91 Å². The lowest BCUT2D eigenvalue weighted by Gasteiger charge is -2.23. The van der Waals surface area contributed by atoms with Crippen molar-refractivity contribution in [1.82, 2.24) is 4.90 Å². The molecule has 1 saturated heterocycles. The van der Waals surface area contributed by atoms with E-state index in [4.69, 9.17) is 26.8 Å². The summed E-state index contributed by atoms with van der Waals surface area (Å²) in [5.41, 5.74) is 6.56. The van der Waals surface area contributed by atoms with Gasteiger partial charge in [0.05, 0.1) is 29.5 Å². The van der Waals surface area contributed by atoms with Gasteiger partial charge in [0.2, 0.25) is 0 Å². The Morgan fingerprint density at radius 3 is 3.00 bits per heavy atom. The first-order valence-electron chi connectivity index (χ1n) is 6.56. The number of methoxy groups -OCH3 is 1. The molecule has 1 aliphatic heterocycles. The topological polar surface area (TPSA) is 64.8 Å². The Morgan fingerprint density at radius 1 is 1.55 bits per heavy atom. The summed E-state index contributed by atoms with van der Waals surface area (Å²) < 4.78 is 10.8. The zero-order valence-electron chi connectivity index (χ0n) is 11.7. The Bertz CT molecular complexity index is 507. The predicted octanol–water partition coefficient (Wildman–Crippen LogP) is 2.18. The summed E-state index contributed by atoms with van der Waals surface area (Å²) in [4.78, 5) is 14.4. The fraction of sp³-hybridized carbons (Fsp3) is 0.500. The quantitative estimate of drug-likeness (QED) is 0.850. The molecule has 0 aliphatic carbocycles. The van der Waals surface area contributed by atoms with Crippen molar-refractivity contribution in [3.8, 4) is 5.75 Å². The number of amides is 1. The first-order valence-corrected chi connectivity index (χ1v) is 6.94. The number of anilines is 1. The lowest BCUT2D eigenvalue weighted by molar-refractivity contribution is 0.0561. The van der Waals surface area contributed by atoms with Crippen LogP contribution in [0.25, 0.3) is 0 Å². The van der Waals surface area contributed by atoms with Crippen LogP contribution in [0.4, 0.5) is 5.69 Å². The summed E-state index contributed by atoms with van der Waals surface area (Å²) in [6.45, 7) is 3.85.